The lowest BCUT2D eigenvalue weighted by molar-refractivity contribution is -0.274. The molecule has 1 amide bonds. The van der Waals surface area contributed by atoms with E-state index in [1.54, 1.807) is 12.1 Å². The van der Waals surface area contributed by atoms with Gasteiger partial charge in [0.05, 0.1) is 11.2 Å². The monoisotopic (exact) mass is 460 g/mol. The van der Waals surface area contributed by atoms with Crippen LogP contribution < -0.4 is 20.3 Å². The molecule has 1 fully saturated rings. The van der Waals surface area contributed by atoms with Gasteiger partial charge in [-0.2, -0.15) is 0 Å². The zero-order valence-electron chi connectivity index (χ0n) is 17.9. The molecule has 2 aromatic heterocycles. The number of nitrogens with zero attached hydrogens (tertiary/aromatic N) is 4. The summed E-state index contributed by atoms with van der Waals surface area (Å²) in [5, 5.41) is 6.05. The third-order valence-corrected chi connectivity index (χ3v) is 5.17. The van der Waals surface area contributed by atoms with Crippen LogP contribution in [0.25, 0.3) is 11.0 Å². The summed E-state index contributed by atoms with van der Waals surface area (Å²) in [5.41, 5.74) is 2.77. The number of ether oxygens (including phenoxy) is 1. The lowest BCUT2D eigenvalue weighted by Crippen LogP contribution is -2.44. The molecule has 33 heavy (non-hydrogen) atoms. The fourth-order valence-electron chi connectivity index (χ4n) is 3.54. The first-order valence-electron chi connectivity index (χ1n) is 10.5. The molecule has 0 radical (unpaired) electrons. The van der Waals surface area contributed by atoms with E-state index in [0.29, 0.717) is 29.2 Å². The first-order chi connectivity index (χ1) is 15.8. The molecule has 11 heteroatoms. The van der Waals surface area contributed by atoms with Crippen molar-refractivity contribution in [2.24, 2.45) is 0 Å². The van der Waals surface area contributed by atoms with Crippen LogP contribution in [0.15, 0.2) is 36.4 Å². The number of piperazine rings is 1. The SMILES string of the molecule is Cc1nc(N2CCNCC2)nc2ccc(NC(=O)CCc3ccc(OC(F)(F)F)cc3)nc12. The minimum atomic E-state index is -4.73. The van der Waals surface area contributed by atoms with Crippen molar-refractivity contribution in [2.75, 3.05) is 36.4 Å². The summed E-state index contributed by atoms with van der Waals surface area (Å²) in [6.45, 7) is 5.31. The molecule has 174 valence electrons. The topological polar surface area (TPSA) is 92.3 Å². The summed E-state index contributed by atoms with van der Waals surface area (Å²) in [6, 6.07) is 8.94. The highest BCUT2D eigenvalue weighted by atomic mass is 19.4. The number of aromatic nitrogens is 3. The normalized spacial score (nSPS) is 14.4. The van der Waals surface area contributed by atoms with E-state index in [1.165, 1.54) is 24.3 Å². The van der Waals surface area contributed by atoms with Crippen molar-refractivity contribution in [1.82, 2.24) is 20.3 Å². The number of hydrogen-bond donors (Lipinski definition) is 2. The molecular weight excluding hydrogens is 437 g/mol. The molecule has 1 aliphatic rings. The zero-order chi connectivity index (χ0) is 23.4. The summed E-state index contributed by atoms with van der Waals surface area (Å²) in [4.78, 5) is 28.2. The number of fused-ring (bicyclic) bond motifs is 1. The Morgan fingerprint density at radius 1 is 1.09 bits per heavy atom. The van der Waals surface area contributed by atoms with Crippen LogP contribution in [-0.2, 0) is 11.2 Å². The summed E-state index contributed by atoms with van der Waals surface area (Å²) in [6.07, 6.45) is -4.22. The number of carbonyl (C=O) groups excluding carboxylic acids is 1. The largest absolute Gasteiger partial charge is 0.573 e. The summed E-state index contributed by atoms with van der Waals surface area (Å²) >= 11 is 0. The smallest absolute Gasteiger partial charge is 0.406 e. The minimum Gasteiger partial charge on any atom is -0.406 e. The van der Waals surface area contributed by atoms with E-state index in [9.17, 15) is 18.0 Å². The van der Waals surface area contributed by atoms with Crippen molar-refractivity contribution in [3.05, 3.63) is 47.7 Å². The van der Waals surface area contributed by atoms with E-state index in [0.717, 1.165) is 37.4 Å². The predicted octanol–water partition coefficient (Wildman–Crippen LogP) is 3.21. The Kier molecular flexibility index (Phi) is 6.59. The van der Waals surface area contributed by atoms with Crippen molar-refractivity contribution >= 4 is 28.7 Å². The molecule has 2 N–H and O–H groups in total. The molecule has 8 nitrogen and oxygen atoms in total. The second-order valence-electron chi connectivity index (χ2n) is 7.65. The molecule has 0 spiro atoms. The van der Waals surface area contributed by atoms with E-state index in [4.69, 9.17) is 0 Å². The molecule has 0 saturated carbocycles. The Morgan fingerprint density at radius 3 is 2.52 bits per heavy atom. The maximum atomic E-state index is 12.4. The maximum absolute atomic E-state index is 12.4. The van der Waals surface area contributed by atoms with Gasteiger partial charge in [0.15, 0.2) is 0 Å². The third-order valence-electron chi connectivity index (χ3n) is 5.17. The number of amides is 1. The Labute approximate surface area is 188 Å². The van der Waals surface area contributed by atoms with Gasteiger partial charge in [-0.05, 0) is 43.2 Å². The van der Waals surface area contributed by atoms with Gasteiger partial charge in [-0.1, -0.05) is 12.1 Å². The van der Waals surface area contributed by atoms with E-state index >= 15 is 0 Å². The van der Waals surface area contributed by atoms with E-state index in [1.807, 2.05) is 6.92 Å². The zero-order valence-corrected chi connectivity index (χ0v) is 17.9. The van der Waals surface area contributed by atoms with E-state index in [-0.39, 0.29) is 18.1 Å². The molecule has 0 bridgehead atoms. The van der Waals surface area contributed by atoms with Crippen LogP contribution in [0, 0.1) is 6.92 Å². The molecule has 1 aromatic carbocycles. The molecule has 1 saturated heterocycles. The van der Waals surface area contributed by atoms with Crippen LogP contribution in [0.1, 0.15) is 17.7 Å². The number of pyridine rings is 1. The number of benzene rings is 1. The maximum Gasteiger partial charge on any atom is 0.573 e. The molecule has 4 rings (SSSR count). The van der Waals surface area contributed by atoms with Crippen LogP contribution in [-0.4, -0.2) is 53.4 Å². The second-order valence-corrected chi connectivity index (χ2v) is 7.65. The van der Waals surface area contributed by atoms with Gasteiger partial charge in [0, 0.05) is 32.6 Å². The lowest BCUT2D eigenvalue weighted by atomic mass is 10.1. The highest BCUT2D eigenvalue weighted by Crippen LogP contribution is 2.23. The van der Waals surface area contributed by atoms with Crippen LogP contribution in [0.4, 0.5) is 24.9 Å². The molecule has 3 heterocycles. The minimum absolute atomic E-state index is 0.149. The molecule has 0 unspecified atom stereocenters. The van der Waals surface area contributed by atoms with Gasteiger partial charge in [-0.25, -0.2) is 15.0 Å². The first kappa shape index (κ1) is 22.7. The summed E-state index contributed by atoms with van der Waals surface area (Å²) in [5.74, 6) is 0.511. The fourth-order valence-corrected chi connectivity index (χ4v) is 3.54. The van der Waals surface area contributed by atoms with Crippen molar-refractivity contribution in [3.63, 3.8) is 0 Å². The highest BCUT2D eigenvalue weighted by molar-refractivity contribution is 5.91. The van der Waals surface area contributed by atoms with Crippen molar-refractivity contribution in [2.45, 2.75) is 26.1 Å². The van der Waals surface area contributed by atoms with Crippen LogP contribution >= 0.6 is 0 Å². The second kappa shape index (κ2) is 9.57. The molecule has 0 atom stereocenters. The molecule has 3 aromatic rings. The standard InChI is InChI=1S/C22H23F3N6O2/c1-14-20-17(28-21(27-14)31-12-10-26-11-13-31)7-8-18(30-20)29-19(32)9-4-15-2-5-16(6-3-15)33-22(23,24)25/h2-3,5-8,26H,4,9-13H2,1H3,(H,29,30,32). The number of carbonyl (C=O) groups is 1. The lowest BCUT2D eigenvalue weighted by Gasteiger charge is -2.27. The quantitative estimate of drug-likeness (QED) is 0.584. The number of alkyl halides is 3. The predicted molar refractivity (Wildman–Crippen MR) is 117 cm³/mol. The molecule has 0 aliphatic carbocycles. The van der Waals surface area contributed by atoms with Gasteiger partial charge < -0.3 is 20.3 Å². The summed E-state index contributed by atoms with van der Waals surface area (Å²) in [7, 11) is 0. The Balaban J connectivity index is 1.37. The van der Waals surface area contributed by atoms with Crippen LogP contribution in [0.2, 0.25) is 0 Å². The molecule has 1 aliphatic heterocycles. The Bertz CT molecular complexity index is 1130. The molecular formula is C22H23F3N6O2. The number of halogens is 3. The van der Waals surface area contributed by atoms with Gasteiger partial charge in [-0.15, -0.1) is 13.2 Å². The number of rotatable bonds is 6. The van der Waals surface area contributed by atoms with E-state index in [2.05, 4.69) is 35.2 Å². The average molecular weight is 460 g/mol. The van der Waals surface area contributed by atoms with Crippen LogP contribution in [0.3, 0.4) is 0 Å². The van der Waals surface area contributed by atoms with Crippen molar-refractivity contribution in [1.29, 1.82) is 0 Å². The Morgan fingerprint density at radius 2 is 1.82 bits per heavy atom. The van der Waals surface area contributed by atoms with E-state index < -0.39 is 6.36 Å². The Hall–Kier alpha value is -3.47. The van der Waals surface area contributed by atoms with Crippen molar-refractivity contribution < 1.29 is 22.7 Å². The third kappa shape index (κ3) is 6.07. The number of hydrogen-bond acceptors (Lipinski definition) is 7. The average Bonchev–Trinajstić information content (AvgIpc) is 2.78. The fraction of sp³-hybridized carbons (Fsp3) is 0.364. The highest BCUT2D eigenvalue weighted by Gasteiger charge is 2.30. The van der Waals surface area contributed by atoms with Gasteiger partial charge in [0.1, 0.15) is 17.1 Å². The van der Waals surface area contributed by atoms with Gasteiger partial charge in [0.25, 0.3) is 0 Å². The van der Waals surface area contributed by atoms with Crippen LogP contribution in [0.5, 0.6) is 5.75 Å². The van der Waals surface area contributed by atoms with Crippen molar-refractivity contribution in [3.8, 4) is 5.75 Å². The number of aryl methyl sites for hydroxylation is 2. The van der Waals surface area contributed by atoms with Gasteiger partial charge in [0.2, 0.25) is 11.9 Å². The number of anilines is 2. The van der Waals surface area contributed by atoms with Gasteiger partial charge >= 0.3 is 6.36 Å². The van der Waals surface area contributed by atoms with Gasteiger partial charge in [-0.3, -0.25) is 4.79 Å². The summed E-state index contributed by atoms with van der Waals surface area (Å²) < 4.78 is 40.6. The number of nitrogens with one attached hydrogen (secondary N) is 2. The first-order valence-corrected chi connectivity index (χ1v) is 10.5.